The molecule has 2 heterocycles. The summed E-state index contributed by atoms with van der Waals surface area (Å²) >= 11 is 1.60. The monoisotopic (exact) mass is 291 g/mol. The zero-order chi connectivity index (χ0) is 14.2. The van der Waals surface area contributed by atoms with Gasteiger partial charge in [0.15, 0.2) is 0 Å². The minimum absolute atomic E-state index is 0.162. The molecule has 1 saturated carbocycles. The van der Waals surface area contributed by atoms with E-state index in [9.17, 15) is 9.90 Å². The third-order valence-electron chi connectivity index (χ3n) is 4.04. The number of rotatable bonds is 6. The molecule has 2 atom stereocenters. The summed E-state index contributed by atoms with van der Waals surface area (Å²) in [4.78, 5) is 16.0. The first-order chi connectivity index (χ1) is 9.68. The van der Waals surface area contributed by atoms with Gasteiger partial charge in [-0.15, -0.1) is 11.3 Å². The lowest BCUT2D eigenvalue weighted by Gasteiger charge is -2.09. The van der Waals surface area contributed by atoms with Crippen LogP contribution in [0, 0.1) is 5.92 Å². The number of hydrogen-bond acceptors (Lipinski definition) is 4. The maximum absolute atomic E-state index is 11.7. The van der Waals surface area contributed by atoms with Crippen molar-refractivity contribution >= 4 is 17.3 Å². The van der Waals surface area contributed by atoms with Gasteiger partial charge in [0.2, 0.25) is 0 Å². The number of carboxylic acids is 1. The summed E-state index contributed by atoms with van der Waals surface area (Å²) in [5, 5.41) is 12.6. The van der Waals surface area contributed by atoms with Crippen LogP contribution in [0.4, 0.5) is 0 Å². The molecule has 3 N–H and O–H groups in total. The zero-order valence-electron chi connectivity index (χ0n) is 11.0. The normalized spacial score (nSPS) is 24.8. The maximum atomic E-state index is 11.7. The predicted molar refractivity (Wildman–Crippen MR) is 77.2 cm³/mol. The fourth-order valence-electron chi connectivity index (χ4n) is 2.82. The zero-order valence-corrected chi connectivity index (χ0v) is 11.8. The molecule has 0 saturated heterocycles. The van der Waals surface area contributed by atoms with Crippen LogP contribution in [0.1, 0.15) is 25.0 Å². The van der Waals surface area contributed by atoms with Crippen LogP contribution in [0.2, 0.25) is 0 Å². The second kappa shape index (κ2) is 5.03. The Morgan fingerprint density at radius 2 is 2.50 bits per heavy atom. The van der Waals surface area contributed by atoms with Crippen LogP contribution >= 0.6 is 11.3 Å². The van der Waals surface area contributed by atoms with E-state index in [1.165, 1.54) is 0 Å². The highest BCUT2D eigenvalue weighted by Crippen LogP contribution is 2.56. The molecular formula is C14H17N3O2S. The fourth-order valence-corrected chi connectivity index (χ4v) is 3.49. The quantitative estimate of drug-likeness (QED) is 0.853. The summed E-state index contributed by atoms with van der Waals surface area (Å²) in [5.74, 6) is -0.605. The van der Waals surface area contributed by atoms with E-state index in [2.05, 4.69) is 4.98 Å². The van der Waals surface area contributed by atoms with Gasteiger partial charge in [-0.25, -0.2) is 4.98 Å². The van der Waals surface area contributed by atoms with Crippen molar-refractivity contribution in [3.8, 4) is 5.00 Å². The molecule has 0 spiro atoms. The number of aromatic nitrogens is 2. The van der Waals surface area contributed by atoms with Gasteiger partial charge in [-0.2, -0.15) is 0 Å². The van der Waals surface area contributed by atoms with Gasteiger partial charge in [-0.05, 0) is 49.2 Å². The Morgan fingerprint density at radius 1 is 1.65 bits per heavy atom. The van der Waals surface area contributed by atoms with E-state index < -0.39 is 11.4 Å². The second-order valence-corrected chi connectivity index (χ2v) is 6.15. The van der Waals surface area contributed by atoms with Crippen molar-refractivity contribution in [3.05, 3.63) is 35.7 Å². The maximum Gasteiger partial charge on any atom is 0.316 e. The van der Waals surface area contributed by atoms with Crippen LogP contribution in [0.15, 0.2) is 30.0 Å². The molecule has 2 aromatic rings. The summed E-state index contributed by atoms with van der Waals surface area (Å²) < 4.78 is 1.89. The van der Waals surface area contributed by atoms with Gasteiger partial charge < -0.3 is 10.8 Å². The molecule has 5 nitrogen and oxygen atoms in total. The Balaban J connectivity index is 1.85. The smallest absolute Gasteiger partial charge is 0.316 e. The van der Waals surface area contributed by atoms with Crippen LogP contribution < -0.4 is 5.73 Å². The van der Waals surface area contributed by atoms with E-state index in [0.29, 0.717) is 18.7 Å². The Bertz CT molecular complexity index is 608. The van der Waals surface area contributed by atoms with Crippen molar-refractivity contribution in [3.63, 3.8) is 0 Å². The van der Waals surface area contributed by atoms with Gasteiger partial charge in [0.05, 0.1) is 5.69 Å². The van der Waals surface area contributed by atoms with Crippen molar-refractivity contribution in [2.24, 2.45) is 11.7 Å². The van der Waals surface area contributed by atoms with Crippen molar-refractivity contribution in [2.45, 2.75) is 24.7 Å². The van der Waals surface area contributed by atoms with E-state index >= 15 is 0 Å². The lowest BCUT2D eigenvalue weighted by atomic mass is 9.98. The molecular weight excluding hydrogens is 274 g/mol. The molecule has 106 valence electrons. The average Bonchev–Trinajstić information content (AvgIpc) is 2.87. The number of hydrogen-bond donors (Lipinski definition) is 2. The topological polar surface area (TPSA) is 81.1 Å². The van der Waals surface area contributed by atoms with Crippen molar-refractivity contribution in [2.75, 3.05) is 6.54 Å². The summed E-state index contributed by atoms with van der Waals surface area (Å²) in [7, 11) is 0. The SMILES string of the molecule is NCCC[C@H]1CC1(C(=O)O)c1cn(-c2cccs2)cn1. The first-order valence-electron chi connectivity index (χ1n) is 6.70. The minimum atomic E-state index is -0.794. The number of carbonyl (C=O) groups is 1. The molecule has 2 aromatic heterocycles. The van der Waals surface area contributed by atoms with Gasteiger partial charge >= 0.3 is 5.97 Å². The van der Waals surface area contributed by atoms with E-state index in [4.69, 9.17) is 5.73 Å². The fraction of sp³-hybridized carbons (Fsp3) is 0.429. The average molecular weight is 291 g/mol. The number of nitrogens with zero attached hydrogens (tertiary/aromatic N) is 2. The number of thiophene rings is 1. The predicted octanol–water partition coefficient (Wildman–Crippen LogP) is 2.01. The van der Waals surface area contributed by atoms with Crippen LogP contribution in [-0.2, 0) is 10.2 Å². The molecule has 20 heavy (non-hydrogen) atoms. The lowest BCUT2D eigenvalue weighted by Crippen LogP contribution is -2.23. The van der Waals surface area contributed by atoms with Crippen LogP contribution in [-0.4, -0.2) is 27.2 Å². The van der Waals surface area contributed by atoms with Gasteiger partial charge in [0, 0.05) is 6.20 Å². The Kier molecular flexibility index (Phi) is 3.35. The van der Waals surface area contributed by atoms with E-state index in [0.717, 1.165) is 17.8 Å². The van der Waals surface area contributed by atoms with Crippen molar-refractivity contribution in [1.29, 1.82) is 0 Å². The first kappa shape index (κ1) is 13.3. The summed E-state index contributed by atoms with van der Waals surface area (Å²) in [5.41, 5.74) is 5.38. The van der Waals surface area contributed by atoms with Gasteiger partial charge in [0.1, 0.15) is 16.7 Å². The largest absolute Gasteiger partial charge is 0.481 e. The minimum Gasteiger partial charge on any atom is -0.481 e. The van der Waals surface area contributed by atoms with Crippen LogP contribution in [0.25, 0.3) is 5.00 Å². The molecule has 3 rings (SSSR count). The van der Waals surface area contributed by atoms with Gasteiger partial charge in [-0.1, -0.05) is 0 Å². The number of imidazole rings is 1. The molecule has 1 aliphatic rings. The van der Waals surface area contributed by atoms with E-state index in [1.807, 2.05) is 28.3 Å². The Morgan fingerprint density at radius 3 is 3.15 bits per heavy atom. The Hall–Kier alpha value is -1.66. The highest BCUT2D eigenvalue weighted by atomic mass is 32.1. The third-order valence-corrected chi connectivity index (χ3v) is 4.93. The van der Waals surface area contributed by atoms with E-state index in [-0.39, 0.29) is 5.92 Å². The number of nitrogens with two attached hydrogens (primary N) is 1. The van der Waals surface area contributed by atoms with Gasteiger partial charge in [-0.3, -0.25) is 9.36 Å². The molecule has 0 aromatic carbocycles. The molecule has 6 heteroatoms. The number of carboxylic acid groups (broad SMARTS) is 1. The van der Waals surface area contributed by atoms with Crippen molar-refractivity contribution < 1.29 is 9.90 Å². The van der Waals surface area contributed by atoms with Crippen LogP contribution in [0.5, 0.6) is 0 Å². The van der Waals surface area contributed by atoms with Crippen LogP contribution in [0.3, 0.4) is 0 Å². The Labute approximate surface area is 121 Å². The molecule has 0 radical (unpaired) electrons. The molecule has 1 unspecified atom stereocenters. The molecule has 0 amide bonds. The molecule has 0 aliphatic heterocycles. The molecule has 1 fully saturated rings. The molecule has 1 aliphatic carbocycles. The second-order valence-electron chi connectivity index (χ2n) is 5.23. The summed E-state index contributed by atoms with van der Waals surface area (Å²) in [6.45, 7) is 0.607. The molecule has 0 bridgehead atoms. The van der Waals surface area contributed by atoms with E-state index in [1.54, 1.807) is 17.7 Å². The highest BCUT2D eigenvalue weighted by Gasteiger charge is 2.62. The number of aliphatic carboxylic acids is 1. The summed E-state index contributed by atoms with van der Waals surface area (Å²) in [6, 6.07) is 3.95. The van der Waals surface area contributed by atoms with Crippen molar-refractivity contribution in [1.82, 2.24) is 9.55 Å². The first-order valence-corrected chi connectivity index (χ1v) is 7.58. The summed E-state index contributed by atoms with van der Waals surface area (Å²) in [6.07, 6.45) is 5.94. The standard InChI is InChI=1S/C14H17N3O2S/c15-5-1-3-10-7-14(10,13(18)19)11-8-17(9-16-11)12-4-2-6-20-12/h2,4,6,8-10H,1,3,5,7,15H2,(H,18,19)/t10-,14?/m0/s1. The highest BCUT2D eigenvalue weighted by molar-refractivity contribution is 7.12. The van der Waals surface area contributed by atoms with Gasteiger partial charge in [0.25, 0.3) is 0 Å². The third kappa shape index (κ3) is 2.05. The lowest BCUT2D eigenvalue weighted by molar-refractivity contribution is -0.140.